The van der Waals surface area contributed by atoms with Crippen molar-refractivity contribution in [1.29, 1.82) is 0 Å². The van der Waals surface area contributed by atoms with E-state index in [0.29, 0.717) is 16.6 Å². The van der Waals surface area contributed by atoms with E-state index in [1.807, 2.05) is 37.3 Å². The lowest BCUT2D eigenvalue weighted by Crippen LogP contribution is -2.19. The van der Waals surface area contributed by atoms with Gasteiger partial charge in [0, 0.05) is 17.1 Å². The Hall–Kier alpha value is -3.38. The Labute approximate surface area is 162 Å². The molecule has 0 amide bonds. The highest BCUT2D eigenvalue weighted by Crippen LogP contribution is 2.28. The second-order valence-electron chi connectivity index (χ2n) is 6.39. The second kappa shape index (κ2) is 6.98. The molecule has 0 fully saturated rings. The fourth-order valence-electron chi connectivity index (χ4n) is 3.03. The maximum atomic E-state index is 12.8. The van der Waals surface area contributed by atoms with E-state index >= 15 is 0 Å². The van der Waals surface area contributed by atoms with Gasteiger partial charge in [0.2, 0.25) is 0 Å². The Morgan fingerprint density at radius 2 is 1.46 bits per heavy atom. The minimum absolute atomic E-state index is 0.00774. The van der Waals surface area contributed by atoms with Gasteiger partial charge in [-0.25, -0.2) is 0 Å². The molecular formula is C22H17NO4S. The summed E-state index contributed by atoms with van der Waals surface area (Å²) in [7, 11) is -4.06. The van der Waals surface area contributed by atoms with E-state index in [-0.39, 0.29) is 16.2 Å². The van der Waals surface area contributed by atoms with Gasteiger partial charge in [-0.05, 0) is 43.3 Å². The zero-order valence-electron chi connectivity index (χ0n) is 15.1. The van der Waals surface area contributed by atoms with Crippen molar-refractivity contribution in [2.75, 3.05) is 0 Å². The SMILES string of the molecule is Cc1ccc(S(=O)(=O)Oc2cc(=O)n(-c3ccccc3)c3ccccc23)cc1. The number of rotatable bonds is 4. The Morgan fingerprint density at radius 3 is 2.18 bits per heavy atom. The van der Waals surface area contributed by atoms with Gasteiger partial charge in [-0.3, -0.25) is 9.36 Å². The van der Waals surface area contributed by atoms with Crippen LogP contribution in [0.3, 0.4) is 0 Å². The van der Waals surface area contributed by atoms with E-state index in [1.54, 1.807) is 36.4 Å². The van der Waals surface area contributed by atoms with Crippen LogP contribution >= 0.6 is 0 Å². The maximum absolute atomic E-state index is 12.8. The third kappa shape index (κ3) is 3.30. The van der Waals surface area contributed by atoms with Crippen molar-refractivity contribution in [3.8, 4) is 11.4 Å². The van der Waals surface area contributed by atoms with Gasteiger partial charge in [0.1, 0.15) is 4.90 Å². The van der Waals surface area contributed by atoms with Gasteiger partial charge >= 0.3 is 10.1 Å². The molecule has 3 aromatic carbocycles. The first-order valence-electron chi connectivity index (χ1n) is 8.67. The fraction of sp³-hybridized carbons (Fsp3) is 0.0455. The van der Waals surface area contributed by atoms with E-state index in [0.717, 1.165) is 5.56 Å². The van der Waals surface area contributed by atoms with Gasteiger partial charge in [-0.15, -0.1) is 0 Å². The monoisotopic (exact) mass is 391 g/mol. The van der Waals surface area contributed by atoms with Crippen LogP contribution in [0.25, 0.3) is 16.6 Å². The van der Waals surface area contributed by atoms with Crippen LogP contribution in [0.15, 0.2) is 94.6 Å². The summed E-state index contributed by atoms with van der Waals surface area (Å²) in [5.41, 5.74) is 1.82. The number of hydrogen-bond acceptors (Lipinski definition) is 4. The van der Waals surface area contributed by atoms with Crippen LogP contribution in [0.1, 0.15) is 5.56 Å². The summed E-state index contributed by atoms with van der Waals surface area (Å²) in [4.78, 5) is 12.8. The van der Waals surface area contributed by atoms with Crippen molar-refractivity contribution in [3.63, 3.8) is 0 Å². The van der Waals surface area contributed by atoms with Crippen LogP contribution in [0, 0.1) is 6.92 Å². The van der Waals surface area contributed by atoms with Crippen molar-refractivity contribution in [3.05, 3.63) is 101 Å². The molecule has 0 aliphatic carbocycles. The third-order valence-electron chi connectivity index (χ3n) is 4.41. The molecule has 0 atom stereocenters. The first kappa shape index (κ1) is 18.0. The van der Waals surface area contributed by atoms with Gasteiger partial charge in [-0.1, -0.05) is 48.0 Å². The van der Waals surface area contributed by atoms with Gasteiger partial charge in [0.15, 0.2) is 5.75 Å². The maximum Gasteiger partial charge on any atom is 0.339 e. The smallest absolute Gasteiger partial charge is 0.339 e. The number of nitrogens with zero attached hydrogens (tertiary/aromatic N) is 1. The molecule has 4 aromatic rings. The van der Waals surface area contributed by atoms with E-state index in [1.165, 1.54) is 22.8 Å². The minimum atomic E-state index is -4.06. The summed E-state index contributed by atoms with van der Waals surface area (Å²) < 4.78 is 32.3. The summed E-state index contributed by atoms with van der Waals surface area (Å²) in [5, 5.41) is 0.529. The molecule has 0 saturated heterocycles. The molecule has 1 aromatic heterocycles. The molecule has 4 rings (SSSR count). The molecule has 0 unspecified atom stereocenters. The topological polar surface area (TPSA) is 65.4 Å². The van der Waals surface area contributed by atoms with Gasteiger partial charge in [0.05, 0.1) is 5.52 Å². The molecule has 28 heavy (non-hydrogen) atoms. The first-order chi connectivity index (χ1) is 13.5. The number of pyridine rings is 1. The van der Waals surface area contributed by atoms with Crippen LogP contribution in [-0.2, 0) is 10.1 Å². The van der Waals surface area contributed by atoms with Crippen LogP contribution in [-0.4, -0.2) is 13.0 Å². The van der Waals surface area contributed by atoms with Gasteiger partial charge in [-0.2, -0.15) is 8.42 Å². The molecule has 0 N–H and O–H groups in total. The zero-order chi connectivity index (χ0) is 19.7. The van der Waals surface area contributed by atoms with Crippen molar-refractivity contribution in [2.24, 2.45) is 0 Å². The average Bonchev–Trinajstić information content (AvgIpc) is 2.69. The highest BCUT2D eigenvalue weighted by molar-refractivity contribution is 7.87. The predicted molar refractivity (Wildman–Crippen MR) is 109 cm³/mol. The molecule has 0 bridgehead atoms. The van der Waals surface area contributed by atoms with Gasteiger partial charge in [0.25, 0.3) is 5.56 Å². The molecule has 140 valence electrons. The molecular weight excluding hydrogens is 374 g/mol. The summed E-state index contributed by atoms with van der Waals surface area (Å²) in [5.74, 6) is 0.00774. The van der Waals surface area contributed by atoms with Crippen molar-refractivity contribution in [2.45, 2.75) is 11.8 Å². The zero-order valence-corrected chi connectivity index (χ0v) is 15.9. The van der Waals surface area contributed by atoms with Crippen LogP contribution in [0.5, 0.6) is 5.75 Å². The summed E-state index contributed by atoms with van der Waals surface area (Å²) in [6.07, 6.45) is 0. The number of para-hydroxylation sites is 2. The Balaban J connectivity index is 1.88. The van der Waals surface area contributed by atoms with E-state index in [2.05, 4.69) is 0 Å². The summed E-state index contributed by atoms with van der Waals surface area (Å²) in [6, 6.07) is 23.8. The van der Waals surface area contributed by atoms with Crippen LogP contribution < -0.4 is 9.74 Å². The number of benzene rings is 3. The number of fused-ring (bicyclic) bond motifs is 1. The molecule has 1 heterocycles. The molecule has 0 aliphatic heterocycles. The van der Waals surface area contributed by atoms with E-state index in [4.69, 9.17) is 4.18 Å². The molecule has 0 radical (unpaired) electrons. The predicted octanol–water partition coefficient (Wildman–Crippen LogP) is 4.07. The Bertz CT molecular complexity index is 1310. The number of hydrogen-bond donors (Lipinski definition) is 0. The highest BCUT2D eigenvalue weighted by atomic mass is 32.2. The lowest BCUT2D eigenvalue weighted by molar-refractivity contribution is 0.488. The average molecular weight is 391 g/mol. The number of aryl methyl sites for hydroxylation is 1. The molecule has 0 spiro atoms. The van der Waals surface area contributed by atoms with Gasteiger partial charge < -0.3 is 4.18 Å². The largest absolute Gasteiger partial charge is 0.378 e. The lowest BCUT2D eigenvalue weighted by Gasteiger charge is -2.14. The standard InChI is InChI=1S/C22H17NO4S/c1-16-11-13-18(14-12-16)28(25,26)27-21-15-22(24)23(17-7-3-2-4-8-17)20-10-6-5-9-19(20)21/h2-15H,1H3. The first-order valence-corrected chi connectivity index (χ1v) is 10.1. The molecule has 6 heteroatoms. The molecule has 0 saturated carbocycles. The van der Waals surface area contributed by atoms with Crippen molar-refractivity contribution >= 4 is 21.0 Å². The summed E-state index contributed by atoms with van der Waals surface area (Å²) in [6.45, 7) is 1.87. The second-order valence-corrected chi connectivity index (χ2v) is 7.93. The Morgan fingerprint density at radius 1 is 0.821 bits per heavy atom. The molecule has 5 nitrogen and oxygen atoms in total. The van der Waals surface area contributed by atoms with Crippen molar-refractivity contribution in [1.82, 2.24) is 4.57 Å². The quantitative estimate of drug-likeness (QED) is 0.492. The van der Waals surface area contributed by atoms with E-state index < -0.39 is 10.1 Å². The third-order valence-corrected chi connectivity index (χ3v) is 5.66. The lowest BCUT2D eigenvalue weighted by atomic mass is 10.2. The summed E-state index contributed by atoms with van der Waals surface area (Å²) >= 11 is 0. The fourth-order valence-corrected chi connectivity index (χ4v) is 3.97. The minimum Gasteiger partial charge on any atom is -0.378 e. The molecule has 0 aliphatic rings. The normalized spacial score (nSPS) is 11.5. The van der Waals surface area contributed by atoms with Crippen LogP contribution in [0.2, 0.25) is 0 Å². The highest BCUT2D eigenvalue weighted by Gasteiger charge is 2.20. The number of aromatic nitrogens is 1. The Kier molecular flexibility index (Phi) is 4.49. The van der Waals surface area contributed by atoms with Crippen LogP contribution in [0.4, 0.5) is 0 Å². The van der Waals surface area contributed by atoms with E-state index in [9.17, 15) is 13.2 Å². The van der Waals surface area contributed by atoms with Crippen molar-refractivity contribution < 1.29 is 12.6 Å².